The third kappa shape index (κ3) is 6.14. The normalized spacial score (nSPS) is 20.8. The molecule has 1 atom stereocenters. The quantitative estimate of drug-likeness (QED) is 0.246. The van der Waals surface area contributed by atoms with Crippen molar-refractivity contribution < 1.29 is 9.59 Å². The summed E-state index contributed by atoms with van der Waals surface area (Å²) in [6.07, 6.45) is 6.74. The van der Waals surface area contributed by atoms with Gasteiger partial charge in [-0.25, -0.2) is 0 Å². The van der Waals surface area contributed by atoms with Gasteiger partial charge in [0.15, 0.2) is 5.96 Å². The maximum absolute atomic E-state index is 12.6. The van der Waals surface area contributed by atoms with Crippen molar-refractivity contribution in [1.82, 2.24) is 20.4 Å². The highest BCUT2D eigenvalue weighted by Gasteiger charge is 2.32. The average Bonchev–Trinajstić information content (AvgIpc) is 3.55. The van der Waals surface area contributed by atoms with Crippen molar-refractivity contribution in [2.75, 3.05) is 26.7 Å². The van der Waals surface area contributed by atoms with Crippen LogP contribution in [0.4, 0.5) is 0 Å². The first-order valence-electron chi connectivity index (χ1n) is 11.7. The Morgan fingerprint density at radius 1 is 1.06 bits per heavy atom. The van der Waals surface area contributed by atoms with Gasteiger partial charge in [0, 0.05) is 58.2 Å². The van der Waals surface area contributed by atoms with Gasteiger partial charge in [0.1, 0.15) is 0 Å². The average molecular weight is 553 g/mol. The van der Waals surface area contributed by atoms with E-state index < -0.39 is 0 Å². The van der Waals surface area contributed by atoms with Crippen LogP contribution in [0, 0.1) is 5.92 Å². The van der Waals surface area contributed by atoms with E-state index >= 15 is 0 Å². The number of hydrogen-bond acceptors (Lipinski definition) is 3. The maximum Gasteiger partial charge on any atom is 0.225 e. The number of carbonyl (C=O) groups excluding carboxylic acids is 2. The lowest BCUT2D eigenvalue weighted by Crippen LogP contribution is -2.45. The van der Waals surface area contributed by atoms with E-state index in [1.165, 1.54) is 24.0 Å². The molecule has 0 bridgehead atoms. The number of aliphatic imine (C=N–C) groups is 1. The van der Waals surface area contributed by atoms with Crippen LogP contribution in [-0.4, -0.2) is 60.3 Å². The lowest BCUT2D eigenvalue weighted by atomic mass is 10.1. The molecule has 1 aromatic carbocycles. The molecular formula is C24H36IN5O2. The van der Waals surface area contributed by atoms with Gasteiger partial charge in [-0.05, 0) is 36.8 Å². The van der Waals surface area contributed by atoms with Crippen molar-refractivity contribution >= 4 is 41.8 Å². The molecule has 32 heavy (non-hydrogen) atoms. The van der Waals surface area contributed by atoms with Crippen LogP contribution >= 0.6 is 24.0 Å². The van der Waals surface area contributed by atoms with Gasteiger partial charge in [-0.1, -0.05) is 37.1 Å². The lowest BCUT2D eigenvalue weighted by Gasteiger charge is -2.21. The van der Waals surface area contributed by atoms with Crippen molar-refractivity contribution in [1.29, 1.82) is 0 Å². The van der Waals surface area contributed by atoms with E-state index in [4.69, 9.17) is 0 Å². The summed E-state index contributed by atoms with van der Waals surface area (Å²) in [5, 5.41) is 6.77. The molecule has 2 N–H and O–H groups in total. The van der Waals surface area contributed by atoms with Crippen LogP contribution in [0.15, 0.2) is 29.3 Å². The van der Waals surface area contributed by atoms with Crippen molar-refractivity contribution in [3.05, 3.63) is 35.4 Å². The first kappa shape index (κ1) is 24.8. The monoisotopic (exact) mass is 553 g/mol. The second kappa shape index (κ2) is 11.9. The number of nitrogens with one attached hydrogen (secondary N) is 2. The molecule has 7 nitrogen and oxygen atoms in total. The first-order valence-corrected chi connectivity index (χ1v) is 11.7. The molecule has 0 radical (unpaired) electrons. The molecule has 3 aliphatic rings. The predicted octanol–water partition coefficient (Wildman–Crippen LogP) is 2.88. The summed E-state index contributed by atoms with van der Waals surface area (Å²) in [4.78, 5) is 33.4. The minimum absolute atomic E-state index is 0. The van der Waals surface area contributed by atoms with Crippen molar-refractivity contribution in [2.45, 2.75) is 64.1 Å². The predicted molar refractivity (Wildman–Crippen MR) is 137 cm³/mol. The summed E-state index contributed by atoms with van der Waals surface area (Å²) in [6, 6.07) is 8.50. The van der Waals surface area contributed by atoms with Gasteiger partial charge in [0.25, 0.3) is 0 Å². The summed E-state index contributed by atoms with van der Waals surface area (Å²) in [5.74, 6) is 1.54. The van der Waals surface area contributed by atoms with Gasteiger partial charge in [0.2, 0.25) is 11.8 Å². The fourth-order valence-electron chi connectivity index (χ4n) is 5.01. The molecule has 176 valence electrons. The lowest BCUT2D eigenvalue weighted by molar-refractivity contribution is -0.134. The van der Waals surface area contributed by atoms with E-state index in [9.17, 15) is 9.59 Å². The second-order valence-electron chi connectivity index (χ2n) is 9.02. The van der Waals surface area contributed by atoms with Gasteiger partial charge in [0.05, 0.1) is 0 Å². The summed E-state index contributed by atoms with van der Waals surface area (Å²) in [5.41, 5.74) is 2.52. The zero-order chi connectivity index (χ0) is 21.6. The molecular weight excluding hydrogens is 517 g/mol. The number of halogens is 1. The molecule has 1 saturated heterocycles. The fraction of sp³-hybridized carbons (Fsp3) is 0.625. The van der Waals surface area contributed by atoms with Crippen LogP contribution in [0.3, 0.4) is 0 Å². The molecule has 1 aliphatic carbocycles. The van der Waals surface area contributed by atoms with E-state index in [0.29, 0.717) is 18.9 Å². The zero-order valence-electron chi connectivity index (χ0n) is 19.0. The fourth-order valence-corrected chi connectivity index (χ4v) is 5.01. The number of benzene rings is 1. The number of nitrogens with zero attached hydrogens (tertiary/aromatic N) is 3. The number of guanidine groups is 1. The van der Waals surface area contributed by atoms with Gasteiger partial charge in [-0.2, -0.15) is 0 Å². The molecule has 4 rings (SSSR count). The number of fused-ring (bicyclic) bond motifs is 1. The number of carbonyl (C=O) groups is 2. The minimum atomic E-state index is 0. The number of amides is 2. The Balaban J connectivity index is 0.00000289. The summed E-state index contributed by atoms with van der Waals surface area (Å²) in [7, 11) is 1.76. The molecule has 1 unspecified atom stereocenters. The smallest absolute Gasteiger partial charge is 0.225 e. The van der Waals surface area contributed by atoms with Crippen LogP contribution in [0.5, 0.6) is 0 Å². The molecule has 1 aromatic rings. The number of likely N-dealkylation sites (tertiary alicyclic amines) is 1. The Hall–Kier alpha value is -1.84. The SMILES string of the molecule is CN=C(NCCCC(=O)N1Cc2ccccc2C1)NC1CCN(C(=O)C2CCCC2)C1.I. The number of hydrogen-bond donors (Lipinski definition) is 2. The van der Waals surface area contributed by atoms with Crippen LogP contribution in [-0.2, 0) is 22.7 Å². The second-order valence-corrected chi connectivity index (χ2v) is 9.02. The molecule has 2 amide bonds. The van der Waals surface area contributed by atoms with E-state index in [0.717, 1.165) is 57.8 Å². The van der Waals surface area contributed by atoms with Crippen molar-refractivity contribution in [3.8, 4) is 0 Å². The molecule has 2 heterocycles. The number of rotatable bonds is 6. The van der Waals surface area contributed by atoms with Gasteiger partial charge in [-0.15, -0.1) is 24.0 Å². The van der Waals surface area contributed by atoms with E-state index in [1.807, 2.05) is 21.9 Å². The maximum atomic E-state index is 12.6. The van der Waals surface area contributed by atoms with Crippen LogP contribution in [0.2, 0.25) is 0 Å². The minimum Gasteiger partial charge on any atom is -0.356 e. The van der Waals surface area contributed by atoms with Crippen LogP contribution in [0.1, 0.15) is 56.1 Å². The molecule has 2 aliphatic heterocycles. The van der Waals surface area contributed by atoms with Gasteiger partial charge in [-0.3, -0.25) is 14.6 Å². The molecule has 0 aromatic heterocycles. The van der Waals surface area contributed by atoms with Gasteiger partial charge >= 0.3 is 0 Å². The third-order valence-corrected chi connectivity index (χ3v) is 6.82. The standard InChI is InChI=1S/C24H35N5O2.HI/c1-25-24(27-21-12-14-28(17-21)23(31)18-7-2-3-8-18)26-13-6-11-22(30)29-15-19-9-4-5-10-20(19)16-29;/h4-5,9-10,18,21H,2-3,6-8,11-17H2,1H3,(H2,25,26,27);1H. The Labute approximate surface area is 208 Å². The summed E-state index contributed by atoms with van der Waals surface area (Å²) < 4.78 is 0. The molecule has 0 spiro atoms. The third-order valence-electron chi connectivity index (χ3n) is 6.82. The van der Waals surface area contributed by atoms with E-state index in [-0.39, 0.29) is 41.8 Å². The Bertz CT molecular complexity index is 799. The van der Waals surface area contributed by atoms with Gasteiger partial charge < -0.3 is 20.4 Å². The van der Waals surface area contributed by atoms with Crippen molar-refractivity contribution in [2.24, 2.45) is 10.9 Å². The van der Waals surface area contributed by atoms with E-state index in [1.54, 1.807) is 7.05 Å². The Morgan fingerprint density at radius 2 is 1.75 bits per heavy atom. The van der Waals surface area contributed by atoms with E-state index in [2.05, 4.69) is 27.8 Å². The Morgan fingerprint density at radius 3 is 2.41 bits per heavy atom. The molecule has 8 heteroatoms. The van der Waals surface area contributed by atoms with Crippen LogP contribution in [0.25, 0.3) is 0 Å². The summed E-state index contributed by atoms with van der Waals surface area (Å²) in [6.45, 7) is 3.73. The highest BCUT2D eigenvalue weighted by Crippen LogP contribution is 2.28. The zero-order valence-corrected chi connectivity index (χ0v) is 21.3. The topological polar surface area (TPSA) is 77.0 Å². The van der Waals surface area contributed by atoms with Crippen molar-refractivity contribution in [3.63, 3.8) is 0 Å². The molecule has 1 saturated carbocycles. The highest BCUT2D eigenvalue weighted by atomic mass is 127. The molecule has 2 fully saturated rings. The largest absolute Gasteiger partial charge is 0.356 e. The Kier molecular flexibility index (Phi) is 9.19. The van der Waals surface area contributed by atoms with Crippen LogP contribution < -0.4 is 10.6 Å². The highest BCUT2D eigenvalue weighted by molar-refractivity contribution is 14.0. The summed E-state index contributed by atoms with van der Waals surface area (Å²) >= 11 is 0. The first-order chi connectivity index (χ1) is 15.1.